The van der Waals surface area contributed by atoms with E-state index in [1.54, 1.807) is 0 Å². The lowest BCUT2D eigenvalue weighted by atomic mass is 10.00. The Hall–Kier alpha value is -0.0900. The van der Waals surface area contributed by atoms with E-state index in [1.807, 2.05) is 0 Å². The van der Waals surface area contributed by atoms with E-state index in [0.717, 1.165) is 25.7 Å². The van der Waals surface area contributed by atoms with Gasteiger partial charge in [0.2, 0.25) is 0 Å². The van der Waals surface area contributed by atoms with Crippen molar-refractivity contribution in [3.63, 3.8) is 0 Å². The molecule has 0 aromatic carbocycles. The van der Waals surface area contributed by atoms with Crippen LogP contribution in [0, 0.1) is 5.92 Å². The minimum atomic E-state index is -2.73. The minimum absolute atomic E-state index is 0.0511. The molecular weight excluding hydrogens is 174 g/mol. The number of hydrogen-bond donors (Lipinski definition) is 1. The average Bonchev–Trinajstić information content (AvgIpc) is 2.29. The van der Waals surface area contributed by atoms with E-state index in [1.165, 1.54) is 0 Å². The number of fused-ring (bicyclic) bond motifs is 2. The Morgan fingerprint density at radius 3 is 2.08 bits per heavy atom. The van der Waals surface area contributed by atoms with Crippen molar-refractivity contribution in [3.8, 4) is 0 Å². The Morgan fingerprint density at radius 1 is 1.17 bits per heavy atom. The molecule has 3 atom stereocenters. The van der Waals surface area contributed by atoms with E-state index in [9.17, 15) is 8.42 Å². The van der Waals surface area contributed by atoms with Gasteiger partial charge in [-0.05, 0) is 38.1 Å². The fraction of sp³-hybridized carbons (Fsp3) is 1.00. The fourth-order valence-corrected chi connectivity index (χ4v) is 5.06. The molecule has 2 aliphatic heterocycles. The minimum Gasteiger partial charge on any atom is -0.330 e. The molecule has 2 aliphatic rings. The highest BCUT2D eigenvalue weighted by Gasteiger charge is 2.46. The van der Waals surface area contributed by atoms with E-state index in [4.69, 9.17) is 5.73 Å². The highest BCUT2D eigenvalue weighted by molar-refractivity contribution is 7.93. The zero-order chi connectivity index (χ0) is 8.77. The number of sulfone groups is 1. The van der Waals surface area contributed by atoms with Crippen LogP contribution < -0.4 is 5.73 Å². The topological polar surface area (TPSA) is 60.2 Å². The van der Waals surface area contributed by atoms with Gasteiger partial charge in [0.25, 0.3) is 0 Å². The molecule has 3 nitrogen and oxygen atoms in total. The lowest BCUT2D eigenvalue weighted by molar-refractivity contribution is 0.434. The summed E-state index contributed by atoms with van der Waals surface area (Å²) in [7, 11) is -2.73. The highest BCUT2D eigenvalue weighted by atomic mass is 32.2. The Kier molecular flexibility index (Phi) is 1.92. The number of nitrogens with two attached hydrogens (primary N) is 1. The molecule has 0 spiro atoms. The van der Waals surface area contributed by atoms with Gasteiger partial charge < -0.3 is 5.73 Å². The van der Waals surface area contributed by atoms with Gasteiger partial charge in [-0.15, -0.1) is 0 Å². The average molecular weight is 189 g/mol. The molecule has 1 unspecified atom stereocenters. The van der Waals surface area contributed by atoms with Crippen LogP contribution in [0.4, 0.5) is 0 Å². The third-order valence-corrected chi connectivity index (χ3v) is 5.98. The van der Waals surface area contributed by atoms with E-state index >= 15 is 0 Å². The molecule has 0 amide bonds. The van der Waals surface area contributed by atoms with Crippen LogP contribution >= 0.6 is 0 Å². The van der Waals surface area contributed by atoms with Gasteiger partial charge in [-0.2, -0.15) is 0 Å². The van der Waals surface area contributed by atoms with Crippen LogP contribution in [-0.4, -0.2) is 25.5 Å². The Bertz CT molecular complexity index is 253. The monoisotopic (exact) mass is 189 g/mol. The standard InChI is InChI=1S/C8H15NO2S/c9-5-6-3-7-1-2-8(4-6)12(7,10)11/h6-8H,1-5,9H2/t6?,7-,8+. The van der Waals surface area contributed by atoms with Gasteiger partial charge in [0, 0.05) is 0 Å². The normalized spacial score (nSPS) is 44.6. The van der Waals surface area contributed by atoms with Crippen LogP contribution in [0.5, 0.6) is 0 Å². The molecule has 2 rings (SSSR count). The molecule has 70 valence electrons. The summed E-state index contributed by atoms with van der Waals surface area (Å²) in [6.45, 7) is 0.655. The van der Waals surface area contributed by atoms with Crippen molar-refractivity contribution in [2.24, 2.45) is 11.7 Å². The largest absolute Gasteiger partial charge is 0.330 e. The van der Waals surface area contributed by atoms with E-state index < -0.39 is 9.84 Å². The summed E-state index contributed by atoms with van der Waals surface area (Å²) in [5.74, 6) is 0.464. The maximum Gasteiger partial charge on any atom is 0.156 e. The molecule has 2 N–H and O–H groups in total. The second-order valence-electron chi connectivity index (χ2n) is 3.98. The van der Waals surface area contributed by atoms with Crippen molar-refractivity contribution in [2.45, 2.75) is 36.2 Å². The summed E-state index contributed by atoms with van der Waals surface area (Å²) < 4.78 is 23.2. The lowest BCUT2D eigenvalue weighted by Gasteiger charge is -2.26. The quantitative estimate of drug-likeness (QED) is 0.645. The smallest absolute Gasteiger partial charge is 0.156 e. The van der Waals surface area contributed by atoms with Crippen molar-refractivity contribution < 1.29 is 8.42 Å². The molecule has 0 radical (unpaired) electrons. The third-order valence-electron chi connectivity index (χ3n) is 3.27. The number of rotatable bonds is 1. The first-order chi connectivity index (χ1) is 5.64. The van der Waals surface area contributed by atoms with Crippen LogP contribution in [0.1, 0.15) is 25.7 Å². The maximum absolute atomic E-state index is 11.6. The summed E-state index contributed by atoms with van der Waals surface area (Å²) in [4.78, 5) is 0. The van der Waals surface area contributed by atoms with Crippen molar-refractivity contribution in [3.05, 3.63) is 0 Å². The second-order valence-corrected chi connectivity index (χ2v) is 6.49. The maximum atomic E-state index is 11.6. The van der Waals surface area contributed by atoms with Gasteiger partial charge in [0.1, 0.15) is 0 Å². The van der Waals surface area contributed by atoms with E-state index in [0.29, 0.717) is 12.5 Å². The Balaban J connectivity index is 2.23. The molecule has 0 aliphatic carbocycles. The van der Waals surface area contributed by atoms with Crippen LogP contribution in [0.2, 0.25) is 0 Å². The van der Waals surface area contributed by atoms with Gasteiger partial charge in [-0.1, -0.05) is 0 Å². The van der Waals surface area contributed by atoms with Gasteiger partial charge in [-0.25, -0.2) is 8.42 Å². The summed E-state index contributed by atoms with van der Waals surface area (Å²) in [6.07, 6.45) is 3.39. The van der Waals surface area contributed by atoms with Crippen LogP contribution in [0.15, 0.2) is 0 Å². The molecule has 0 saturated carbocycles. The summed E-state index contributed by atoms with van der Waals surface area (Å²) in [5.41, 5.74) is 5.55. The van der Waals surface area contributed by atoms with Crippen LogP contribution in [-0.2, 0) is 9.84 Å². The zero-order valence-electron chi connectivity index (χ0n) is 7.07. The molecule has 12 heavy (non-hydrogen) atoms. The molecule has 0 aromatic heterocycles. The first-order valence-corrected chi connectivity index (χ1v) is 6.18. The summed E-state index contributed by atoms with van der Waals surface area (Å²) in [6, 6.07) is 0. The molecule has 2 saturated heterocycles. The van der Waals surface area contributed by atoms with Crippen molar-refractivity contribution >= 4 is 9.84 Å². The van der Waals surface area contributed by atoms with Crippen LogP contribution in [0.3, 0.4) is 0 Å². The fourth-order valence-electron chi connectivity index (χ4n) is 2.51. The van der Waals surface area contributed by atoms with Gasteiger partial charge >= 0.3 is 0 Å². The molecular formula is C8H15NO2S. The summed E-state index contributed by atoms with van der Waals surface area (Å²) >= 11 is 0. The Labute approximate surface area is 73.2 Å². The first kappa shape index (κ1) is 8.51. The van der Waals surface area contributed by atoms with Crippen molar-refractivity contribution in [1.82, 2.24) is 0 Å². The first-order valence-electron chi connectivity index (χ1n) is 4.57. The lowest BCUT2D eigenvalue weighted by Crippen LogP contribution is -2.35. The number of hydrogen-bond acceptors (Lipinski definition) is 3. The van der Waals surface area contributed by atoms with E-state index in [2.05, 4.69) is 0 Å². The summed E-state index contributed by atoms with van der Waals surface area (Å²) in [5, 5.41) is -0.102. The van der Waals surface area contributed by atoms with Gasteiger partial charge in [-0.3, -0.25) is 0 Å². The van der Waals surface area contributed by atoms with Crippen molar-refractivity contribution in [2.75, 3.05) is 6.54 Å². The molecule has 2 fully saturated rings. The molecule has 2 bridgehead atoms. The Morgan fingerprint density at radius 2 is 1.67 bits per heavy atom. The SMILES string of the molecule is NCC1C[C@H]2CC[C@@H](C1)S2(=O)=O. The van der Waals surface area contributed by atoms with E-state index in [-0.39, 0.29) is 10.5 Å². The van der Waals surface area contributed by atoms with Gasteiger partial charge in [0.15, 0.2) is 9.84 Å². The molecule has 0 aromatic rings. The predicted octanol–water partition coefficient (Wildman–Crippen LogP) is 0.301. The van der Waals surface area contributed by atoms with Gasteiger partial charge in [0.05, 0.1) is 10.5 Å². The zero-order valence-corrected chi connectivity index (χ0v) is 7.89. The van der Waals surface area contributed by atoms with Crippen LogP contribution in [0.25, 0.3) is 0 Å². The second kappa shape index (κ2) is 2.70. The van der Waals surface area contributed by atoms with Crippen molar-refractivity contribution in [1.29, 1.82) is 0 Å². The predicted molar refractivity (Wildman–Crippen MR) is 47.5 cm³/mol. The molecule has 4 heteroatoms. The highest BCUT2D eigenvalue weighted by Crippen LogP contribution is 2.40. The molecule has 2 heterocycles. The third kappa shape index (κ3) is 1.09.